The maximum Gasteiger partial charge on any atom is 0.168 e. The van der Waals surface area contributed by atoms with Gasteiger partial charge in [0.2, 0.25) is 0 Å². The van der Waals surface area contributed by atoms with Gasteiger partial charge in [0.1, 0.15) is 10.3 Å². The molecule has 2 aromatic rings. The standard InChI is InChI=1S/C11H9BrN2O/c12-11-6-10(8-15)14(13-11)7-9-4-2-1-3-5-9/h1-6,8H,7H2. The van der Waals surface area contributed by atoms with Crippen molar-refractivity contribution in [3.63, 3.8) is 0 Å². The number of aromatic nitrogens is 2. The number of hydrogen-bond acceptors (Lipinski definition) is 2. The van der Waals surface area contributed by atoms with Crippen LogP contribution in [-0.4, -0.2) is 16.1 Å². The van der Waals surface area contributed by atoms with Crippen LogP contribution in [0.4, 0.5) is 0 Å². The van der Waals surface area contributed by atoms with E-state index in [0.29, 0.717) is 16.8 Å². The minimum absolute atomic E-state index is 0.575. The average Bonchev–Trinajstić information content (AvgIpc) is 2.60. The molecule has 0 N–H and O–H groups in total. The zero-order valence-electron chi connectivity index (χ0n) is 7.93. The SMILES string of the molecule is O=Cc1cc(Br)nn1Cc1ccccc1. The van der Waals surface area contributed by atoms with Crippen LogP contribution in [0.1, 0.15) is 16.1 Å². The Bertz CT molecular complexity index is 465. The van der Waals surface area contributed by atoms with Gasteiger partial charge in [0.05, 0.1) is 6.54 Å². The predicted molar refractivity (Wildman–Crippen MR) is 60.9 cm³/mol. The highest BCUT2D eigenvalue weighted by molar-refractivity contribution is 9.10. The molecule has 0 amide bonds. The molecule has 4 heteroatoms. The van der Waals surface area contributed by atoms with Gasteiger partial charge in [0.15, 0.2) is 6.29 Å². The summed E-state index contributed by atoms with van der Waals surface area (Å²) in [6.07, 6.45) is 0.806. The molecule has 1 heterocycles. The molecule has 76 valence electrons. The highest BCUT2D eigenvalue weighted by atomic mass is 79.9. The van der Waals surface area contributed by atoms with E-state index in [0.717, 1.165) is 11.8 Å². The molecule has 0 spiro atoms. The zero-order valence-corrected chi connectivity index (χ0v) is 9.52. The Kier molecular flexibility index (Phi) is 2.97. The van der Waals surface area contributed by atoms with E-state index in [-0.39, 0.29) is 0 Å². The lowest BCUT2D eigenvalue weighted by Crippen LogP contribution is -2.05. The Balaban J connectivity index is 2.28. The third-order valence-electron chi connectivity index (χ3n) is 2.08. The molecule has 0 aliphatic rings. The topological polar surface area (TPSA) is 34.9 Å². The Hall–Kier alpha value is -1.42. The Morgan fingerprint density at radius 3 is 2.73 bits per heavy atom. The van der Waals surface area contributed by atoms with E-state index in [1.54, 1.807) is 10.7 Å². The van der Waals surface area contributed by atoms with Crippen LogP contribution in [-0.2, 0) is 6.54 Å². The molecule has 0 saturated carbocycles. The van der Waals surface area contributed by atoms with Crippen molar-refractivity contribution in [2.24, 2.45) is 0 Å². The third-order valence-corrected chi connectivity index (χ3v) is 2.46. The van der Waals surface area contributed by atoms with E-state index >= 15 is 0 Å². The molecule has 0 saturated heterocycles. The van der Waals surface area contributed by atoms with Gasteiger partial charge in [-0.3, -0.25) is 9.48 Å². The van der Waals surface area contributed by atoms with Crippen LogP contribution in [0.25, 0.3) is 0 Å². The van der Waals surface area contributed by atoms with Crippen molar-refractivity contribution < 1.29 is 4.79 Å². The molecular formula is C11H9BrN2O. The molecule has 0 fully saturated rings. The molecule has 1 aromatic heterocycles. The molecule has 1 aromatic carbocycles. The Morgan fingerprint density at radius 1 is 1.33 bits per heavy atom. The molecule has 0 aliphatic carbocycles. The monoisotopic (exact) mass is 264 g/mol. The van der Waals surface area contributed by atoms with Crippen molar-refractivity contribution in [1.29, 1.82) is 0 Å². The number of hydrogen-bond donors (Lipinski definition) is 0. The number of halogens is 1. The Morgan fingerprint density at radius 2 is 2.07 bits per heavy atom. The number of carbonyl (C=O) groups excluding carboxylic acids is 1. The molecule has 0 aliphatic heterocycles. The molecule has 0 radical (unpaired) electrons. The summed E-state index contributed by atoms with van der Waals surface area (Å²) in [6.45, 7) is 0.612. The fraction of sp³-hybridized carbons (Fsp3) is 0.0909. The number of rotatable bonds is 3. The first-order chi connectivity index (χ1) is 7.29. The maximum absolute atomic E-state index is 10.7. The minimum Gasteiger partial charge on any atom is -0.296 e. The van der Waals surface area contributed by atoms with Crippen LogP contribution in [0.15, 0.2) is 41.0 Å². The summed E-state index contributed by atoms with van der Waals surface area (Å²) in [5, 5.41) is 4.18. The summed E-state index contributed by atoms with van der Waals surface area (Å²) in [4.78, 5) is 10.7. The van der Waals surface area contributed by atoms with Crippen LogP contribution in [0.5, 0.6) is 0 Å². The van der Waals surface area contributed by atoms with Gasteiger partial charge in [-0.15, -0.1) is 0 Å². The van der Waals surface area contributed by atoms with Crippen molar-refractivity contribution in [2.45, 2.75) is 6.54 Å². The number of aldehydes is 1. The van der Waals surface area contributed by atoms with E-state index in [9.17, 15) is 4.79 Å². The summed E-state index contributed by atoms with van der Waals surface area (Å²) >= 11 is 3.25. The first-order valence-electron chi connectivity index (χ1n) is 4.52. The van der Waals surface area contributed by atoms with Crippen LogP contribution in [0.3, 0.4) is 0 Å². The first-order valence-corrected chi connectivity index (χ1v) is 5.31. The second kappa shape index (κ2) is 4.40. The lowest BCUT2D eigenvalue weighted by Gasteiger charge is -2.02. The van der Waals surface area contributed by atoms with Gasteiger partial charge in [0.25, 0.3) is 0 Å². The predicted octanol–water partition coefficient (Wildman–Crippen LogP) is 2.51. The lowest BCUT2D eigenvalue weighted by molar-refractivity contribution is 0.111. The molecule has 3 nitrogen and oxygen atoms in total. The average molecular weight is 265 g/mol. The molecule has 2 rings (SSSR count). The van der Waals surface area contributed by atoms with E-state index in [4.69, 9.17) is 0 Å². The molecule has 0 bridgehead atoms. The van der Waals surface area contributed by atoms with Crippen molar-refractivity contribution >= 4 is 22.2 Å². The second-order valence-electron chi connectivity index (χ2n) is 3.15. The van der Waals surface area contributed by atoms with Crippen molar-refractivity contribution in [3.05, 3.63) is 52.3 Å². The fourth-order valence-corrected chi connectivity index (χ4v) is 1.80. The summed E-state index contributed by atoms with van der Waals surface area (Å²) in [5.74, 6) is 0. The molecule has 0 unspecified atom stereocenters. The van der Waals surface area contributed by atoms with Gasteiger partial charge < -0.3 is 0 Å². The van der Waals surface area contributed by atoms with Crippen LogP contribution >= 0.6 is 15.9 Å². The van der Waals surface area contributed by atoms with Gasteiger partial charge in [-0.1, -0.05) is 30.3 Å². The van der Waals surface area contributed by atoms with Crippen LogP contribution < -0.4 is 0 Å². The molecular weight excluding hydrogens is 256 g/mol. The van der Waals surface area contributed by atoms with Crippen LogP contribution in [0, 0.1) is 0 Å². The van der Waals surface area contributed by atoms with Gasteiger partial charge in [-0.25, -0.2) is 0 Å². The normalized spacial score (nSPS) is 10.2. The largest absolute Gasteiger partial charge is 0.296 e. The minimum atomic E-state index is 0.575. The number of carbonyl (C=O) groups is 1. The van der Waals surface area contributed by atoms with E-state index < -0.39 is 0 Å². The maximum atomic E-state index is 10.7. The Labute approximate surface area is 95.9 Å². The zero-order chi connectivity index (χ0) is 10.7. The first kappa shape index (κ1) is 10.1. The van der Waals surface area contributed by atoms with Crippen molar-refractivity contribution in [1.82, 2.24) is 9.78 Å². The summed E-state index contributed by atoms with van der Waals surface area (Å²) in [6, 6.07) is 11.6. The quantitative estimate of drug-likeness (QED) is 0.799. The van der Waals surface area contributed by atoms with Crippen molar-refractivity contribution in [3.8, 4) is 0 Å². The highest BCUT2D eigenvalue weighted by Crippen LogP contribution is 2.11. The van der Waals surface area contributed by atoms with E-state index in [1.165, 1.54) is 0 Å². The summed E-state index contributed by atoms with van der Waals surface area (Å²) in [5.41, 5.74) is 1.70. The molecule has 0 atom stereocenters. The van der Waals surface area contributed by atoms with Gasteiger partial charge >= 0.3 is 0 Å². The van der Waals surface area contributed by atoms with Gasteiger partial charge in [-0.2, -0.15) is 5.10 Å². The van der Waals surface area contributed by atoms with Crippen LogP contribution in [0.2, 0.25) is 0 Å². The third kappa shape index (κ3) is 2.33. The fourth-order valence-electron chi connectivity index (χ4n) is 1.38. The number of benzene rings is 1. The summed E-state index contributed by atoms with van der Waals surface area (Å²) in [7, 11) is 0. The van der Waals surface area contributed by atoms with E-state index in [2.05, 4.69) is 21.0 Å². The summed E-state index contributed by atoms with van der Waals surface area (Å²) < 4.78 is 2.35. The second-order valence-corrected chi connectivity index (χ2v) is 3.97. The van der Waals surface area contributed by atoms with Gasteiger partial charge in [0, 0.05) is 6.07 Å². The molecule has 15 heavy (non-hydrogen) atoms. The smallest absolute Gasteiger partial charge is 0.168 e. The lowest BCUT2D eigenvalue weighted by atomic mass is 10.2. The van der Waals surface area contributed by atoms with E-state index in [1.807, 2.05) is 30.3 Å². The highest BCUT2D eigenvalue weighted by Gasteiger charge is 2.05. The van der Waals surface area contributed by atoms with Crippen molar-refractivity contribution in [2.75, 3.05) is 0 Å². The number of nitrogens with zero attached hydrogens (tertiary/aromatic N) is 2. The van der Waals surface area contributed by atoms with Gasteiger partial charge in [-0.05, 0) is 21.5 Å².